The summed E-state index contributed by atoms with van der Waals surface area (Å²) in [6.45, 7) is 8.89. The van der Waals surface area contributed by atoms with Crippen LogP contribution in [0.15, 0.2) is 18.2 Å². The number of ether oxygens (including phenoxy) is 1. The van der Waals surface area contributed by atoms with Crippen LogP contribution in [0.25, 0.3) is 0 Å². The molecule has 1 saturated heterocycles. The second-order valence-electron chi connectivity index (χ2n) is 5.27. The second kappa shape index (κ2) is 7.87. The zero-order valence-corrected chi connectivity index (χ0v) is 13.2. The van der Waals surface area contributed by atoms with E-state index in [1.807, 2.05) is 12.1 Å². The number of benzene rings is 1. The first kappa shape index (κ1) is 15.6. The van der Waals surface area contributed by atoms with Crippen molar-refractivity contribution in [2.75, 3.05) is 31.1 Å². The summed E-state index contributed by atoms with van der Waals surface area (Å²) < 4.78 is 5.76. The van der Waals surface area contributed by atoms with Crippen LogP contribution in [-0.4, -0.2) is 32.3 Å². The fraction of sp³-hybridized carbons (Fsp3) is 0.625. The first-order chi connectivity index (χ1) is 9.76. The Morgan fingerprint density at radius 2 is 2.25 bits per heavy atom. The number of rotatable bonds is 6. The van der Waals surface area contributed by atoms with E-state index in [2.05, 4.69) is 30.1 Å². The summed E-state index contributed by atoms with van der Waals surface area (Å²) in [5.41, 5.74) is 2.46. The van der Waals surface area contributed by atoms with Gasteiger partial charge < -0.3 is 15.0 Å². The lowest BCUT2D eigenvalue weighted by atomic mass is 10.1. The number of hydrogen-bond acceptors (Lipinski definition) is 3. The van der Waals surface area contributed by atoms with Crippen molar-refractivity contribution in [3.63, 3.8) is 0 Å². The molecule has 1 heterocycles. The van der Waals surface area contributed by atoms with Gasteiger partial charge in [-0.3, -0.25) is 0 Å². The quantitative estimate of drug-likeness (QED) is 0.814. The molecule has 0 saturated carbocycles. The van der Waals surface area contributed by atoms with Crippen molar-refractivity contribution in [2.24, 2.45) is 0 Å². The fourth-order valence-corrected chi connectivity index (χ4v) is 2.94. The predicted molar refractivity (Wildman–Crippen MR) is 85.7 cm³/mol. The minimum Gasteiger partial charge on any atom is -0.375 e. The summed E-state index contributed by atoms with van der Waals surface area (Å²) in [5, 5.41) is 4.31. The zero-order chi connectivity index (χ0) is 14.4. The Kier molecular flexibility index (Phi) is 6.14. The van der Waals surface area contributed by atoms with E-state index in [0.717, 1.165) is 50.7 Å². The lowest BCUT2D eigenvalue weighted by Crippen LogP contribution is -2.43. The molecule has 112 valence electrons. The summed E-state index contributed by atoms with van der Waals surface area (Å²) in [5.74, 6) is 0. The second-order valence-corrected chi connectivity index (χ2v) is 5.68. The topological polar surface area (TPSA) is 24.5 Å². The maximum absolute atomic E-state index is 6.46. The van der Waals surface area contributed by atoms with E-state index in [0.29, 0.717) is 6.10 Å². The van der Waals surface area contributed by atoms with Gasteiger partial charge >= 0.3 is 0 Å². The molecular formula is C16H25ClN2O. The Hall–Kier alpha value is -0.770. The van der Waals surface area contributed by atoms with E-state index in [1.165, 1.54) is 11.3 Å². The van der Waals surface area contributed by atoms with Gasteiger partial charge in [0, 0.05) is 19.6 Å². The molecule has 1 aliphatic rings. The predicted octanol–water partition coefficient (Wildman–Crippen LogP) is 3.45. The van der Waals surface area contributed by atoms with Crippen LogP contribution in [0.1, 0.15) is 32.3 Å². The van der Waals surface area contributed by atoms with Gasteiger partial charge in [-0.05, 0) is 31.0 Å². The molecule has 0 aromatic heterocycles. The first-order valence-electron chi connectivity index (χ1n) is 7.60. The Labute approximate surface area is 127 Å². The van der Waals surface area contributed by atoms with Crippen LogP contribution in [0.5, 0.6) is 0 Å². The highest BCUT2D eigenvalue weighted by molar-refractivity contribution is 6.33. The van der Waals surface area contributed by atoms with Crippen molar-refractivity contribution in [2.45, 2.75) is 39.3 Å². The summed E-state index contributed by atoms with van der Waals surface area (Å²) in [7, 11) is 0. The van der Waals surface area contributed by atoms with Crippen molar-refractivity contribution in [1.82, 2.24) is 5.32 Å². The Bertz CT molecular complexity index is 425. The molecule has 1 fully saturated rings. The van der Waals surface area contributed by atoms with Gasteiger partial charge in [0.15, 0.2) is 0 Å². The van der Waals surface area contributed by atoms with Crippen LogP contribution in [-0.2, 0) is 11.3 Å². The Balaban J connectivity index is 2.15. The van der Waals surface area contributed by atoms with E-state index < -0.39 is 0 Å². The maximum atomic E-state index is 6.46. The number of para-hydroxylation sites is 1. The molecule has 1 atom stereocenters. The lowest BCUT2D eigenvalue weighted by molar-refractivity contribution is 0.0384. The molecule has 1 aromatic carbocycles. The molecule has 0 radical (unpaired) electrons. The molecule has 0 bridgehead atoms. The van der Waals surface area contributed by atoms with Crippen LogP contribution in [0.2, 0.25) is 5.02 Å². The Morgan fingerprint density at radius 3 is 3.00 bits per heavy atom. The van der Waals surface area contributed by atoms with Gasteiger partial charge in [0.25, 0.3) is 0 Å². The summed E-state index contributed by atoms with van der Waals surface area (Å²) in [6.07, 6.45) is 2.51. The molecule has 20 heavy (non-hydrogen) atoms. The molecule has 2 rings (SSSR count). The normalized spacial score (nSPS) is 19.4. The maximum Gasteiger partial charge on any atom is 0.0748 e. The van der Waals surface area contributed by atoms with Crippen molar-refractivity contribution in [3.8, 4) is 0 Å². The van der Waals surface area contributed by atoms with Crippen LogP contribution in [0.3, 0.4) is 0 Å². The summed E-state index contributed by atoms with van der Waals surface area (Å²) in [4.78, 5) is 2.38. The highest BCUT2D eigenvalue weighted by Gasteiger charge is 2.22. The highest BCUT2D eigenvalue weighted by atomic mass is 35.5. The summed E-state index contributed by atoms with van der Waals surface area (Å²) in [6, 6.07) is 6.18. The van der Waals surface area contributed by atoms with Gasteiger partial charge in [0.05, 0.1) is 23.4 Å². The highest BCUT2D eigenvalue weighted by Crippen LogP contribution is 2.31. The molecular weight excluding hydrogens is 272 g/mol. The van der Waals surface area contributed by atoms with Crippen molar-refractivity contribution >= 4 is 17.3 Å². The third-order valence-electron chi connectivity index (χ3n) is 3.72. The van der Waals surface area contributed by atoms with Crippen LogP contribution in [0, 0.1) is 0 Å². The fourth-order valence-electron chi connectivity index (χ4n) is 2.63. The molecule has 0 aliphatic carbocycles. The van der Waals surface area contributed by atoms with Crippen molar-refractivity contribution < 1.29 is 4.74 Å². The van der Waals surface area contributed by atoms with E-state index in [-0.39, 0.29) is 0 Å². The third-order valence-corrected chi connectivity index (χ3v) is 4.03. The first-order valence-corrected chi connectivity index (χ1v) is 7.98. The van der Waals surface area contributed by atoms with Crippen molar-refractivity contribution in [3.05, 3.63) is 28.8 Å². The van der Waals surface area contributed by atoms with E-state index in [4.69, 9.17) is 16.3 Å². The number of morpholine rings is 1. The molecule has 1 aliphatic heterocycles. The molecule has 1 N–H and O–H groups in total. The van der Waals surface area contributed by atoms with E-state index >= 15 is 0 Å². The van der Waals surface area contributed by atoms with E-state index in [9.17, 15) is 0 Å². The summed E-state index contributed by atoms with van der Waals surface area (Å²) >= 11 is 6.46. The smallest absolute Gasteiger partial charge is 0.0748 e. The molecule has 3 nitrogen and oxygen atoms in total. The van der Waals surface area contributed by atoms with Gasteiger partial charge in [-0.25, -0.2) is 0 Å². The van der Waals surface area contributed by atoms with Crippen LogP contribution < -0.4 is 10.2 Å². The Morgan fingerprint density at radius 1 is 1.40 bits per heavy atom. The monoisotopic (exact) mass is 296 g/mol. The van der Waals surface area contributed by atoms with Gasteiger partial charge in [-0.1, -0.05) is 37.6 Å². The van der Waals surface area contributed by atoms with Gasteiger partial charge in [-0.15, -0.1) is 0 Å². The standard InChI is InChI=1S/C16H25ClN2O/c1-3-8-18-11-13-6-5-7-15(17)16(13)19-9-10-20-14(4-2)12-19/h5-7,14,18H,3-4,8-12H2,1-2H3. The molecule has 0 spiro atoms. The zero-order valence-electron chi connectivity index (χ0n) is 12.5. The van der Waals surface area contributed by atoms with Crippen LogP contribution in [0.4, 0.5) is 5.69 Å². The largest absolute Gasteiger partial charge is 0.375 e. The minimum absolute atomic E-state index is 0.316. The average molecular weight is 297 g/mol. The number of nitrogens with zero attached hydrogens (tertiary/aromatic N) is 1. The van der Waals surface area contributed by atoms with Crippen LogP contribution >= 0.6 is 11.6 Å². The molecule has 1 unspecified atom stereocenters. The SMILES string of the molecule is CCCNCc1cccc(Cl)c1N1CCOC(CC)C1. The number of halogens is 1. The number of anilines is 1. The third kappa shape index (κ3) is 3.87. The molecule has 1 aromatic rings. The minimum atomic E-state index is 0.316. The van der Waals surface area contributed by atoms with Crippen molar-refractivity contribution in [1.29, 1.82) is 0 Å². The number of hydrogen-bond donors (Lipinski definition) is 1. The molecule has 0 amide bonds. The van der Waals surface area contributed by atoms with E-state index in [1.54, 1.807) is 0 Å². The lowest BCUT2D eigenvalue weighted by Gasteiger charge is -2.36. The van der Waals surface area contributed by atoms with Gasteiger partial charge in [0.1, 0.15) is 0 Å². The van der Waals surface area contributed by atoms with Gasteiger partial charge in [0.2, 0.25) is 0 Å². The molecule has 4 heteroatoms. The average Bonchev–Trinajstić information content (AvgIpc) is 2.48. The number of nitrogens with one attached hydrogen (secondary N) is 1. The van der Waals surface area contributed by atoms with Gasteiger partial charge in [-0.2, -0.15) is 0 Å².